The molecule has 0 aliphatic carbocycles. The van der Waals surface area contributed by atoms with Gasteiger partial charge in [0.15, 0.2) is 5.54 Å². The largest absolute Gasteiger partial charge is 0.445 e. The van der Waals surface area contributed by atoms with Crippen molar-refractivity contribution in [1.82, 2.24) is 4.90 Å². The molecule has 0 radical (unpaired) electrons. The molecule has 1 atom stereocenters. The summed E-state index contributed by atoms with van der Waals surface area (Å²) in [6.07, 6.45) is 0.198. The third-order valence-electron chi connectivity index (χ3n) is 5.51. The quantitative estimate of drug-likeness (QED) is 0.460. The molecule has 3 aromatic carbocycles. The number of hydrogen-bond acceptors (Lipinski definition) is 4. The minimum absolute atomic E-state index is 0.117. The molecule has 5 heteroatoms. The number of fused-ring (bicyclic) bond motifs is 1. The lowest BCUT2D eigenvalue weighted by Crippen LogP contribution is -2.52. The van der Waals surface area contributed by atoms with Gasteiger partial charge in [0, 0.05) is 12.6 Å². The van der Waals surface area contributed by atoms with Crippen molar-refractivity contribution in [3.05, 3.63) is 101 Å². The van der Waals surface area contributed by atoms with Crippen LogP contribution in [-0.2, 0) is 28.1 Å². The van der Waals surface area contributed by atoms with E-state index in [0.29, 0.717) is 16.9 Å². The van der Waals surface area contributed by atoms with Crippen molar-refractivity contribution in [3.63, 3.8) is 0 Å². The van der Waals surface area contributed by atoms with Crippen LogP contribution in [0.15, 0.2) is 78.9 Å². The molecule has 0 fully saturated rings. The van der Waals surface area contributed by atoms with Crippen LogP contribution in [0.2, 0.25) is 0 Å². The SMILES string of the molecule is CCc1ccc2c(c1)[C@@](c1ccccc1)(N(C)C(=O)OCc1ccccc1)C(=O)O2. The fraction of sp³-hybridized carbons (Fsp3) is 0.200. The van der Waals surface area contributed by atoms with Gasteiger partial charge in [-0.05, 0) is 35.2 Å². The monoisotopic (exact) mass is 401 g/mol. The summed E-state index contributed by atoms with van der Waals surface area (Å²) >= 11 is 0. The van der Waals surface area contributed by atoms with Gasteiger partial charge in [-0.3, -0.25) is 4.90 Å². The normalized spacial score (nSPS) is 17.2. The van der Waals surface area contributed by atoms with Crippen LogP contribution in [0.25, 0.3) is 0 Å². The van der Waals surface area contributed by atoms with Gasteiger partial charge in [-0.15, -0.1) is 0 Å². The first kappa shape index (κ1) is 19.7. The number of carbonyl (C=O) groups is 2. The Balaban J connectivity index is 1.77. The zero-order valence-electron chi connectivity index (χ0n) is 17.0. The smallest absolute Gasteiger partial charge is 0.411 e. The second kappa shape index (κ2) is 8.03. The predicted molar refractivity (Wildman–Crippen MR) is 113 cm³/mol. The Morgan fingerprint density at radius 2 is 1.63 bits per heavy atom. The molecule has 1 aliphatic rings. The van der Waals surface area contributed by atoms with Crippen molar-refractivity contribution >= 4 is 12.1 Å². The Labute approximate surface area is 175 Å². The number of likely N-dealkylation sites (N-methyl/N-ethyl adjacent to an activating group) is 1. The predicted octanol–water partition coefficient (Wildman–Crippen LogP) is 4.68. The summed E-state index contributed by atoms with van der Waals surface area (Å²) in [5.41, 5.74) is 1.82. The van der Waals surface area contributed by atoms with E-state index >= 15 is 0 Å². The summed E-state index contributed by atoms with van der Waals surface area (Å²) in [6, 6.07) is 24.3. The van der Waals surface area contributed by atoms with E-state index < -0.39 is 17.6 Å². The molecule has 30 heavy (non-hydrogen) atoms. The first-order chi connectivity index (χ1) is 14.6. The molecule has 1 amide bonds. The maximum absolute atomic E-state index is 13.3. The lowest BCUT2D eigenvalue weighted by Gasteiger charge is -2.35. The molecule has 0 aromatic heterocycles. The zero-order valence-corrected chi connectivity index (χ0v) is 17.0. The second-order valence-electron chi connectivity index (χ2n) is 7.25. The average molecular weight is 401 g/mol. The van der Waals surface area contributed by atoms with Crippen molar-refractivity contribution in [1.29, 1.82) is 0 Å². The molecule has 0 saturated carbocycles. The third kappa shape index (κ3) is 3.22. The lowest BCUT2D eigenvalue weighted by molar-refractivity contribution is -0.141. The number of ether oxygens (including phenoxy) is 2. The summed E-state index contributed by atoms with van der Waals surface area (Å²) in [6.45, 7) is 2.16. The van der Waals surface area contributed by atoms with Crippen LogP contribution in [0.4, 0.5) is 4.79 Å². The van der Waals surface area contributed by atoms with Gasteiger partial charge in [-0.2, -0.15) is 0 Å². The van der Waals surface area contributed by atoms with Gasteiger partial charge in [-0.1, -0.05) is 73.7 Å². The number of hydrogen-bond donors (Lipinski definition) is 0. The lowest BCUT2D eigenvalue weighted by atomic mass is 9.82. The minimum atomic E-state index is -1.41. The number of rotatable bonds is 5. The van der Waals surface area contributed by atoms with Crippen molar-refractivity contribution in [2.75, 3.05) is 7.05 Å². The van der Waals surface area contributed by atoms with E-state index in [1.165, 1.54) is 4.90 Å². The van der Waals surface area contributed by atoms with Crippen molar-refractivity contribution < 1.29 is 19.1 Å². The molecule has 3 aromatic rings. The molecule has 5 nitrogen and oxygen atoms in total. The highest BCUT2D eigenvalue weighted by atomic mass is 16.6. The standard InChI is InChI=1S/C25H23NO4/c1-3-18-14-15-22-21(16-18)25(23(27)30-22,20-12-8-5-9-13-20)26(2)24(28)29-17-19-10-6-4-7-11-19/h4-16H,3,17H2,1-2H3/t25-/m1/s1. The molecule has 4 rings (SSSR count). The number of aryl methyl sites for hydroxylation is 1. The van der Waals surface area contributed by atoms with E-state index in [1.54, 1.807) is 13.1 Å². The van der Waals surface area contributed by atoms with E-state index in [1.807, 2.05) is 79.7 Å². The third-order valence-corrected chi connectivity index (χ3v) is 5.51. The van der Waals surface area contributed by atoms with Crippen molar-refractivity contribution in [2.24, 2.45) is 0 Å². The van der Waals surface area contributed by atoms with Gasteiger partial charge >= 0.3 is 12.1 Å². The fourth-order valence-electron chi connectivity index (χ4n) is 3.87. The summed E-state index contributed by atoms with van der Waals surface area (Å²) in [4.78, 5) is 27.7. The molecule has 0 unspecified atom stereocenters. The number of amides is 1. The number of nitrogens with zero attached hydrogens (tertiary/aromatic N) is 1. The average Bonchev–Trinajstić information content (AvgIpc) is 3.09. The van der Waals surface area contributed by atoms with Crippen LogP contribution in [0.1, 0.15) is 29.2 Å². The fourth-order valence-corrected chi connectivity index (χ4v) is 3.87. The molecule has 0 spiro atoms. The molecule has 152 valence electrons. The summed E-state index contributed by atoms with van der Waals surface area (Å²) in [7, 11) is 1.58. The molecule has 1 aliphatic heterocycles. The van der Waals surface area contributed by atoms with Crippen LogP contribution >= 0.6 is 0 Å². The highest BCUT2D eigenvalue weighted by molar-refractivity contribution is 5.96. The van der Waals surface area contributed by atoms with Gasteiger partial charge in [0.2, 0.25) is 0 Å². The zero-order chi connectivity index (χ0) is 21.1. The van der Waals surface area contributed by atoms with E-state index in [4.69, 9.17) is 9.47 Å². The van der Waals surface area contributed by atoms with Gasteiger partial charge in [-0.25, -0.2) is 9.59 Å². The Morgan fingerprint density at radius 3 is 2.30 bits per heavy atom. The number of carbonyl (C=O) groups excluding carboxylic acids is 2. The van der Waals surface area contributed by atoms with E-state index in [-0.39, 0.29) is 6.61 Å². The molecule has 1 heterocycles. The van der Waals surface area contributed by atoms with Gasteiger partial charge in [0.1, 0.15) is 12.4 Å². The van der Waals surface area contributed by atoms with Crippen LogP contribution in [0, 0.1) is 0 Å². The van der Waals surface area contributed by atoms with E-state index in [0.717, 1.165) is 17.5 Å². The van der Waals surface area contributed by atoms with E-state index in [9.17, 15) is 9.59 Å². The first-order valence-electron chi connectivity index (χ1n) is 9.93. The Bertz CT molecular complexity index is 1070. The van der Waals surface area contributed by atoms with Crippen molar-refractivity contribution in [3.8, 4) is 5.75 Å². The Kier molecular flexibility index (Phi) is 5.27. The molecule has 0 bridgehead atoms. The van der Waals surface area contributed by atoms with E-state index in [2.05, 4.69) is 0 Å². The van der Waals surface area contributed by atoms with Crippen LogP contribution in [-0.4, -0.2) is 24.0 Å². The minimum Gasteiger partial charge on any atom is -0.445 e. The topological polar surface area (TPSA) is 55.8 Å². The molecule has 0 saturated heterocycles. The Morgan fingerprint density at radius 1 is 0.967 bits per heavy atom. The van der Waals surface area contributed by atoms with Gasteiger partial charge < -0.3 is 9.47 Å². The maximum atomic E-state index is 13.3. The second-order valence-corrected chi connectivity index (χ2v) is 7.25. The van der Waals surface area contributed by atoms with Gasteiger partial charge in [0.05, 0.1) is 0 Å². The van der Waals surface area contributed by atoms with Crippen molar-refractivity contribution in [2.45, 2.75) is 25.5 Å². The Hall–Kier alpha value is -3.60. The molecular weight excluding hydrogens is 378 g/mol. The number of benzene rings is 3. The maximum Gasteiger partial charge on any atom is 0.411 e. The highest BCUT2D eigenvalue weighted by Crippen LogP contribution is 2.47. The summed E-state index contributed by atoms with van der Waals surface area (Å²) < 4.78 is 11.2. The van der Waals surface area contributed by atoms with Crippen LogP contribution in [0.5, 0.6) is 5.75 Å². The first-order valence-corrected chi connectivity index (χ1v) is 9.93. The highest BCUT2D eigenvalue weighted by Gasteiger charge is 2.56. The van der Waals surface area contributed by atoms with Crippen LogP contribution < -0.4 is 4.74 Å². The molecule has 0 N–H and O–H groups in total. The molecular formula is C25H23NO4. The van der Waals surface area contributed by atoms with Crippen LogP contribution in [0.3, 0.4) is 0 Å². The van der Waals surface area contributed by atoms with Gasteiger partial charge in [0.25, 0.3) is 0 Å². The summed E-state index contributed by atoms with van der Waals surface area (Å²) in [5, 5.41) is 0. The number of esters is 1. The summed E-state index contributed by atoms with van der Waals surface area (Å²) in [5.74, 6) is -0.0557.